The number of amides is 2. The molecule has 9 nitrogen and oxygen atoms in total. The molecule has 1 aliphatic carbocycles. The number of hydrogen-bond donors (Lipinski definition) is 2. The summed E-state index contributed by atoms with van der Waals surface area (Å²) in [7, 11) is 0. The van der Waals surface area contributed by atoms with Crippen LogP contribution in [0.3, 0.4) is 0 Å². The molecule has 3 N–H and O–H groups in total. The Bertz CT molecular complexity index is 1400. The zero-order valence-electron chi connectivity index (χ0n) is 22.3. The van der Waals surface area contributed by atoms with Crippen LogP contribution in [0, 0.1) is 5.41 Å². The molecular formula is C28H34BrClN6O3. The van der Waals surface area contributed by atoms with Gasteiger partial charge < -0.3 is 20.7 Å². The lowest BCUT2D eigenvalue weighted by molar-refractivity contribution is -0.144. The summed E-state index contributed by atoms with van der Waals surface area (Å²) in [5.41, 5.74) is 9.10. The fraction of sp³-hybridized carbons (Fsp3) is 0.500. The van der Waals surface area contributed by atoms with Crippen LogP contribution < -0.4 is 11.1 Å². The van der Waals surface area contributed by atoms with E-state index in [1.165, 1.54) is 0 Å². The van der Waals surface area contributed by atoms with Crippen LogP contribution in [-0.4, -0.2) is 50.7 Å². The second-order valence-electron chi connectivity index (χ2n) is 10.4. The van der Waals surface area contributed by atoms with Gasteiger partial charge in [-0.15, -0.1) is 0 Å². The van der Waals surface area contributed by atoms with E-state index >= 15 is 0 Å². The number of nitrogens with one attached hydrogen (secondary N) is 1. The second-order valence-corrected chi connectivity index (χ2v) is 11.6. The summed E-state index contributed by atoms with van der Waals surface area (Å²) in [5, 5.41) is 9.88. The number of carbonyl (C=O) groups is 2. The van der Waals surface area contributed by atoms with E-state index in [1.54, 1.807) is 11.0 Å². The number of benzene rings is 1. The van der Waals surface area contributed by atoms with Gasteiger partial charge in [0, 0.05) is 54.6 Å². The highest BCUT2D eigenvalue weighted by Gasteiger charge is 2.57. The minimum absolute atomic E-state index is 0.231. The van der Waals surface area contributed by atoms with Crippen LogP contribution in [0.5, 0.6) is 0 Å². The minimum Gasteiger partial charge on any atom is -0.381 e. The number of halogens is 2. The molecule has 0 spiro atoms. The van der Waals surface area contributed by atoms with Crippen molar-refractivity contribution in [3.05, 3.63) is 50.7 Å². The third-order valence-corrected chi connectivity index (χ3v) is 9.01. The number of nitrogens with zero attached hydrogens (tertiary/aromatic N) is 4. The molecule has 208 valence electrons. The van der Waals surface area contributed by atoms with Crippen LogP contribution in [0.2, 0.25) is 5.02 Å². The Hall–Kier alpha value is -2.69. The van der Waals surface area contributed by atoms with Gasteiger partial charge in [0.2, 0.25) is 11.8 Å². The topological polar surface area (TPSA) is 115 Å². The van der Waals surface area contributed by atoms with Gasteiger partial charge in [0.15, 0.2) is 5.65 Å². The average molecular weight is 618 g/mol. The molecule has 0 unspecified atom stereocenters. The van der Waals surface area contributed by atoms with Crippen LogP contribution >= 0.6 is 27.5 Å². The van der Waals surface area contributed by atoms with Crippen molar-refractivity contribution in [3.63, 3.8) is 0 Å². The van der Waals surface area contributed by atoms with Crippen molar-refractivity contribution >= 4 is 56.1 Å². The van der Waals surface area contributed by atoms with Crippen LogP contribution in [0.4, 0.5) is 5.69 Å². The summed E-state index contributed by atoms with van der Waals surface area (Å²) in [5.74, 6) is -0.812. The van der Waals surface area contributed by atoms with E-state index in [2.05, 4.69) is 33.3 Å². The molecule has 1 saturated carbocycles. The Kier molecular flexibility index (Phi) is 8.16. The Labute approximate surface area is 241 Å². The third kappa shape index (κ3) is 5.51. The first-order valence-corrected chi connectivity index (χ1v) is 14.7. The maximum Gasteiger partial charge on any atom is 0.238 e. The summed E-state index contributed by atoms with van der Waals surface area (Å²) in [4.78, 5) is 33.1. The zero-order valence-corrected chi connectivity index (χ0v) is 24.6. The van der Waals surface area contributed by atoms with Crippen molar-refractivity contribution in [2.24, 2.45) is 11.1 Å². The maximum atomic E-state index is 14.0. The van der Waals surface area contributed by atoms with Crippen molar-refractivity contribution in [1.82, 2.24) is 19.7 Å². The highest BCUT2D eigenvalue weighted by molar-refractivity contribution is 9.10. The molecule has 11 heteroatoms. The number of aryl methyl sites for hydroxylation is 2. The number of fused-ring (bicyclic) bond motifs is 1. The molecule has 39 heavy (non-hydrogen) atoms. The number of carbonyl (C=O) groups excluding carboxylic acids is 2. The number of nitrogens with two attached hydrogens (primary N) is 1. The highest BCUT2D eigenvalue weighted by atomic mass is 79.9. The third-order valence-electron chi connectivity index (χ3n) is 7.80. The molecule has 5 rings (SSSR count). The Morgan fingerprint density at radius 1 is 1.26 bits per heavy atom. The Morgan fingerprint density at radius 3 is 2.62 bits per heavy atom. The lowest BCUT2D eigenvalue weighted by atomic mass is 10.00. The number of hydrogen-bond acceptors (Lipinski definition) is 6. The van der Waals surface area contributed by atoms with Crippen LogP contribution in [-0.2, 0) is 40.4 Å². The molecule has 0 atom stereocenters. The normalized spacial score (nSPS) is 16.8. The van der Waals surface area contributed by atoms with E-state index in [-0.39, 0.29) is 18.5 Å². The minimum atomic E-state index is -1.14. The maximum absolute atomic E-state index is 14.0. The zero-order chi connectivity index (χ0) is 27.7. The predicted molar refractivity (Wildman–Crippen MR) is 154 cm³/mol. The SMILES string of the molecule is CCc1nc2c(cnn2CC)c(NC2CCOCC2)c1CN(Cc1ccc(Cl)c(Br)c1)C(=O)C1(C(N)=O)CC1. The molecule has 0 radical (unpaired) electrons. The van der Waals surface area contributed by atoms with Gasteiger partial charge in [0.1, 0.15) is 5.41 Å². The van der Waals surface area contributed by atoms with Crippen LogP contribution in [0.15, 0.2) is 28.9 Å². The first-order valence-electron chi connectivity index (χ1n) is 13.5. The van der Waals surface area contributed by atoms with E-state index in [4.69, 9.17) is 27.1 Å². The smallest absolute Gasteiger partial charge is 0.238 e. The molecule has 2 aromatic heterocycles. The average Bonchev–Trinajstić information content (AvgIpc) is 3.65. The summed E-state index contributed by atoms with van der Waals surface area (Å²) >= 11 is 9.73. The first-order chi connectivity index (χ1) is 18.8. The quantitative estimate of drug-likeness (QED) is 0.316. The van der Waals surface area contributed by atoms with Gasteiger partial charge >= 0.3 is 0 Å². The van der Waals surface area contributed by atoms with Gasteiger partial charge in [0.05, 0.1) is 22.3 Å². The highest BCUT2D eigenvalue weighted by Crippen LogP contribution is 2.48. The van der Waals surface area contributed by atoms with E-state index in [9.17, 15) is 9.59 Å². The lowest BCUT2D eigenvalue weighted by Crippen LogP contribution is -2.43. The van der Waals surface area contributed by atoms with E-state index in [1.807, 2.05) is 29.9 Å². The van der Waals surface area contributed by atoms with Gasteiger partial charge in [-0.2, -0.15) is 5.10 Å². The number of ether oxygens (including phenoxy) is 1. The van der Waals surface area contributed by atoms with E-state index in [0.717, 1.165) is 50.9 Å². The Morgan fingerprint density at radius 2 is 2.00 bits per heavy atom. The molecule has 1 saturated heterocycles. The fourth-order valence-corrected chi connectivity index (χ4v) is 5.87. The van der Waals surface area contributed by atoms with Crippen molar-refractivity contribution in [1.29, 1.82) is 0 Å². The van der Waals surface area contributed by atoms with E-state index in [0.29, 0.717) is 50.6 Å². The van der Waals surface area contributed by atoms with Crippen LogP contribution in [0.1, 0.15) is 56.4 Å². The monoisotopic (exact) mass is 616 g/mol. The number of pyridine rings is 1. The second kappa shape index (κ2) is 11.4. The predicted octanol–water partition coefficient (Wildman–Crippen LogP) is 4.81. The molecule has 1 aromatic carbocycles. The molecule has 0 bridgehead atoms. The van der Waals surface area contributed by atoms with Gasteiger partial charge in [0.25, 0.3) is 0 Å². The van der Waals surface area contributed by atoms with Gasteiger partial charge in [-0.05, 0) is 72.7 Å². The standard InChI is InChI=1S/C28H34BrClN6O3/c1-3-23-20(24(33-18-7-11-39-12-8-18)19-14-32-36(4-2)25(19)34-23)16-35(27(38)28(9-10-28)26(31)37)15-17-5-6-22(30)21(29)13-17/h5-6,13-14,18H,3-4,7-12,15-16H2,1-2H3,(H2,31,37)(H,33,34). The van der Waals surface area contributed by atoms with Crippen LogP contribution in [0.25, 0.3) is 11.0 Å². The van der Waals surface area contributed by atoms with Gasteiger partial charge in [-0.25, -0.2) is 9.67 Å². The molecule has 2 fully saturated rings. The largest absolute Gasteiger partial charge is 0.381 e. The van der Waals surface area contributed by atoms with Gasteiger partial charge in [-0.1, -0.05) is 24.6 Å². The van der Waals surface area contributed by atoms with Crippen molar-refractivity contribution in [2.45, 2.75) is 71.6 Å². The first kappa shape index (κ1) is 27.9. The summed E-state index contributed by atoms with van der Waals surface area (Å²) in [6.07, 6.45) is 5.24. The Balaban J connectivity index is 1.60. The summed E-state index contributed by atoms with van der Waals surface area (Å²) in [6.45, 7) is 6.80. The molecule has 3 aromatic rings. The number of anilines is 1. The molecule has 2 amide bonds. The van der Waals surface area contributed by atoms with E-state index < -0.39 is 11.3 Å². The van der Waals surface area contributed by atoms with Crippen molar-refractivity contribution < 1.29 is 14.3 Å². The fourth-order valence-electron chi connectivity index (χ4n) is 5.32. The van der Waals surface area contributed by atoms with Gasteiger partial charge in [-0.3, -0.25) is 9.59 Å². The van der Waals surface area contributed by atoms with Crippen molar-refractivity contribution in [2.75, 3.05) is 18.5 Å². The summed E-state index contributed by atoms with van der Waals surface area (Å²) < 4.78 is 8.23. The molecule has 1 aliphatic heterocycles. The lowest BCUT2D eigenvalue weighted by Gasteiger charge is -2.30. The number of rotatable bonds is 10. The molecule has 2 aliphatic rings. The summed E-state index contributed by atoms with van der Waals surface area (Å²) in [6, 6.07) is 5.83. The molecular weight excluding hydrogens is 584 g/mol. The number of primary amides is 1. The number of aromatic nitrogens is 3. The van der Waals surface area contributed by atoms with Crippen molar-refractivity contribution in [3.8, 4) is 0 Å². The molecule has 3 heterocycles.